The summed E-state index contributed by atoms with van der Waals surface area (Å²) in [5.41, 5.74) is 5.58. The second kappa shape index (κ2) is 6.50. The Kier molecular flexibility index (Phi) is 4.98. The summed E-state index contributed by atoms with van der Waals surface area (Å²) in [7, 11) is 2.21. The summed E-state index contributed by atoms with van der Waals surface area (Å²) in [6.07, 6.45) is 3.83. The van der Waals surface area contributed by atoms with Crippen molar-refractivity contribution in [3.05, 3.63) is 21.9 Å². The minimum atomic E-state index is 0.636. The summed E-state index contributed by atoms with van der Waals surface area (Å²) < 4.78 is 5.73. The molecule has 1 aromatic rings. The zero-order valence-electron chi connectivity index (χ0n) is 10.5. The lowest BCUT2D eigenvalue weighted by Crippen LogP contribution is -2.25. The molecule has 2 rings (SSSR count). The van der Waals surface area contributed by atoms with Crippen LogP contribution in [0.15, 0.2) is 12.1 Å². The lowest BCUT2D eigenvalue weighted by molar-refractivity contribution is 0.103. The Morgan fingerprint density at radius 3 is 2.94 bits per heavy atom. The highest BCUT2D eigenvalue weighted by atomic mass is 32.1. The molecule has 2 heterocycles. The van der Waals surface area contributed by atoms with Crippen LogP contribution >= 0.6 is 11.3 Å². The van der Waals surface area contributed by atoms with Gasteiger partial charge in [0.05, 0.1) is 6.61 Å². The van der Waals surface area contributed by atoms with Crippen molar-refractivity contribution in [1.29, 1.82) is 0 Å². The first kappa shape index (κ1) is 13.0. The molecule has 0 saturated carbocycles. The Bertz CT molecular complexity index is 340. The van der Waals surface area contributed by atoms with Crippen LogP contribution in [0.3, 0.4) is 0 Å². The Morgan fingerprint density at radius 2 is 2.29 bits per heavy atom. The van der Waals surface area contributed by atoms with E-state index in [1.165, 1.54) is 29.1 Å². The number of rotatable bonds is 6. The highest BCUT2D eigenvalue weighted by Crippen LogP contribution is 2.19. The van der Waals surface area contributed by atoms with Gasteiger partial charge in [0.15, 0.2) is 0 Å². The first-order chi connectivity index (χ1) is 8.29. The Balaban J connectivity index is 1.62. The van der Waals surface area contributed by atoms with Crippen molar-refractivity contribution in [1.82, 2.24) is 4.90 Å². The van der Waals surface area contributed by atoms with Gasteiger partial charge in [-0.05, 0) is 45.0 Å². The van der Waals surface area contributed by atoms with Crippen molar-refractivity contribution in [2.75, 3.05) is 20.2 Å². The van der Waals surface area contributed by atoms with Gasteiger partial charge in [-0.25, -0.2) is 0 Å². The standard InChI is InChI=1S/C13H22N2OS/c1-15-7-2-3-11(15)6-8-16-10-13-5-4-12(9-14)17-13/h4-5,11H,2-3,6-10,14H2,1H3. The summed E-state index contributed by atoms with van der Waals surface area (Å²) in [6.45, 7) is 3.49. The van der Waals surface area contributed by atoms with Crippen molar-refractivity contribution in [2.24, 2.45) is 5.73 Å². The van der Waals surface area contributed by atoms with Gasteiger partial charge in [-0.1, -0.05) is 0 Å². The largest absolute Gasteiger partial charge is 0.376 e. The third kappa shape index (κ3) is 3.78. The molecular weight excluding hydrogens is 232 g/mol. The first-order valence-electron chi connectivity index (χ1n) is 6.35. The lowest BCUT2D eigenvalue weighted by Gasteiger charge is -2.18. The smallest absolute Gasteiger partial charge is 0.0809 e. The third-order valence-electron chi connectivity index (χ3n) is 3.43. The zero-order chi connectivity index (χ0) is 12.1. The average Bonchev–Trinajstić information content (AvgIpc) is 2.94. The molecule has 1 aliphatic rings. The van der Waals surface area contributed by atoms with Gasteiger partial charge >= 0.3 is 0 Å². The van der Waals surface area contributed by atoms with Crippen molar-refractivity contribution in [3.63, 3.8) is 0 Å². The van der Waals surface area contributed by atoms with E-state index >= 15 is 0 Å². The second-order valence-corrected chi connectivity index (χ2v) is 5.94. The molecule has 0 aromatic carbocycles. The van der Waals surface area contributed by atoms with Gasteiger partial charge in [0.2, 0.25) is 0 Å². The number of likely N-dealkylation sites (tertiary alicyclic amines) is 1. The van der Waals surface area contributed by atoms with E-state index in [0.717, 1.165) is 25.7 Å². The van der Waals surface area contributed by atoms with Crippen molar-refractivity contribution < 1.29 is 4.74 Å². The van der Waals surface area contributed by atoms with Crippen LogP contribution in [0.25, 0.3) is 0 Å². The molecule has 0 radical (unpaired) electrons. The third-order valence-corrected chi connectivity index (χ3v) is 4.51. The lowest BCUT2D eigenvalue weighted by atomic mass is 10.1. The molecule has 1 unspecified atom stereocenters. The molecule has 1 fully saturated rings. The summed E-state index contributed by atoms with van der Waals surface area (Å²) >= 11 is 1.76. The maximum atomic E-state index is 5.73. The molecule has 3 nitrogen and oxygen atoms in total. The van der Waals surface area contributed by atoms with E-state index in [1.54, 1.807) is 11.3 Å². The van der Waals surface area contributed by atoms with E-state index in [9.17, 15) is 0 Å². The zero-order valence-corrected chi connectivity index (χ0v) is 11.3. The van der Waals surface area contributed by atoms with Crippen LogP contribution in [0.5, 0.6) is 0 Å². The van der Waals surface area contributed by atoms with Gasteiger partial charge in [-0.15, -0.1) is 11.3 Å². The fourth-order valence-corrected chi connectivity index (χ4v) is 3.18. The average molecular weight is 254 g/mol. The van der Waals surface area contributed by atoms with Crippen molar-refractivity contribution >= 4 is 11.3 Å². The molecule has 1 saturated heterocycles. The van der Waals surface area contributed by atoms with Crippen molar-refractivity contribution in [3.8, 4) is 0 Å². The van der Waals surface area contributed by atoms with E-state index in [-0.39, 0.29) is 0 Å². The number of nitrogens with zero attached hydrogens (tertiary/aromatic N) is 1. The van der Waals surface area contributed by atoms with Gasteiger partial charge in [0, 0.05) is 28.9 Å². The molecule has 1 atom stereocenters. The van der Waals surface area contributed by atoms with Crippen molar-refractivity contribution in [2.45, 2.75) is 38.5 Å². The van der Waals surface area contributed by atoms with Crippen LogP contribution in [0.4, 0.5) is 0 Å². The summed E-state index contributed by atoms with van der Waals surface area (Å²) in [4.78, 5) is 4.96. The number of ether oxygens (including phenoxy) is 1. The van der Waals surface area contributed by atoms with Gasteiger partial charge in [0.1, 0.15) is 0 Å². The monoisotopic (exact) mass is 254 g/mol. The minimum Gasteiger partial charge on any atom is -0.376 e. The topological polar surface area (TPSA) is 38.5 Å². The Labute approximate surface area is 108 Å². The van der Waals surface area contributed by atoms with E-state index in [4.69, 9.17) is 10.5 Å². The molecule has 0 aliphatic carbocycles. The maximum Gasteiger partial charge on any atom is 0.0809 e. The van der Waals surface area contributed by atoms with Crippen LogP contribution in [0, 0.1) is 0 Å². The number of thiophene rings is 1. The number of hydrogen-bond acceptors (Lipinski definition) is 4. The molecule has 96 valence electrons. The fraction of sp³-hybridized carbons (Fsp3) is 0.692. The SMILES string of the molecule is CN1CCCC1CCOCc1ccc(CN)s1. The Hall–Kier alpha value is -0.420. The molecule has 0 spiro atoms. The highest BCUT2D eigenvalue weighted by Gasteiger charge is 2.19. The van der Waals surface area contributed by atoms with Gasteiger partial charge in [-0.3, -0.25) is 0 Å². The van der Waals surface area contributed by atoms with E-state index in [2.05, 4.69) is 24.1 Å². The van der Waals surface area contributed by atoms with Crippen LogP contribution in [0.2, 0.25) is 0 Å². The molecule has 17 heavy (non-hydrogen) atoms. The quantitative estimate of drug-likeness (QED) is 0.791. The van der Waals surface area contributed by atoms with Gasteiger partial charge < -0.3 is 15.4 Å². The van der Waals surface area contributed by atoms with Crippen LogP contribution in [0.1, 0.15) is 29.0 Å². The predicted octanol–water partition coefficient (Wildman–Crippen LogP) is 2.21. The first-order valence-corrected chi connectivity index (χ1v) is 7.17. The van der Waals surface area contributed by atoms with E-state index in [1.807, 2.05) is 0 Å². The highest BCUT2D eigenvalue weighted by molar-refractivity contribution is 7.11. The molecule has 0 amide bonds. The van der Waals surface area contributed by atoms with Crippen LogP contribution in [-0.4, -0.2) is 31.1 Å². The number of hydrogen-bond donors (Lipinski definition) is 1. The summed E-state index contributed by atoms with van der Waals surface area (Å²) in [6, 6.07) is 4.95. The Morgan fingerprint density at radius 1 is 1.47 bits per heavy atom. The molecule has 2 N–H and O–H groups in total. The minimum absolute atomic E-state index is 0.636. The maximum absolute atomic E-state index is 5.73. The molecular formula is C13H22N2OS. The number of nitrogens with two attached hydrogens (primary N) is 1. The molecule has 4 heteroatoms. The molecule has 1 aromatic heterocycles. The second-order valence-electron chi connectivity index (χ2n) is 4.69. The molecule has 0 bridgehead atoms. The fourth-order valence-electron chi connectivity index (χ4n) is 2.35. The summed E-state index contributed by atoms with van der Waals surface area (Å²) in [5, 5.41) is 0. The van der Waals surface area contributed by atoms with E-state index in [0.29, 0.717) is 6.54 Å². The van der Waals surface area contributed by atoms with Crippen LogP contribution in [-0.2, 0) is 17.9 Å². The predicted molar refractivity (Wildman–Crippen MR) is 72.1 cm³/mol. The summed E-state index contributed by atoms with van der Waals surface area (Å²) in [5.74, 6) is 0. The normalized spacial score (nSPS) is 21.2. The van der Waals surface area contributed by atoms with Gasteiger partial charge in [-0.2, -0.15) is 0 Å². The van der Waals surface area contributed by atoms with Crippen LogP contribution < -0.4 is 5.73 Å². The van der Waals surface area contributed by atoms with Gasteiger partial charge in [0.25, 0.3) is 0 Å². The van der Waals surface area contributed by atoms with E-state index < -0.39 is 0 Å². The molecule has 1 aliphatic heterocycles.